The maximum Gasteiger partial charge on any atom is 0.236 e. The minimum absolute atomic E-state index is 0.115. The maximum atomic E-state index is 12.3. The highest BCUT2D eigenvalue weighted by atomic mass is 16.5. The summed E-state index contributed by atoms with van der Waals surface area (Å²) in [4.78, 5) is 30.8. The summed E-state index contributed by atoms with van der Waals surface area (Å²) in [5.41, 5.74) is 1.50. The van der Waals surface area contributed by atoms with Crippen LogP contribution in [0.1, 0.15) is 32.1 Å². The molecular weight excluding hydrogens is 344 g/mol. The molecule has 152 valence electrons. The summed E-state index contributed by atoms with van der Waals surface area (Å²) in [5.74, 6) is 0.311. The van der Waals surface area contributed by atoms with E-state index in [1.807, 2.05) is 4.90 Å². The monoisotopic (exact) mass is 378 g/mol. The van der Waals surface area contributed by atoms with Gasteiger partial charge in [-0.15, -0.1) is 0 Å². The van der Waals surface area contributed by atoms with Crippen molar-refractivity contribution in [1.29, 1.82) is 0 Å². The summed E-state index contributed by atoms with van der Waals surface area (Å²) in [6.45, 7) is 7.76. The van der Waals surface area contributed by atoms with Crippen LogP contribution in [0.2, 0.25) is 0 Å². The number of nitrogens with zero attached hydrogens (tertiary/aromatic N) is 3. The molecule has 7 nitrogen and oxygen atoms in total. The van der Waals surface area contributed by atoms with Gasteiger partial charge >= 0.3 is 0 Å². The number of morpholine rings is 1. The van der Waals surface area contributed by atoms with E-state index in [0.29, 0.717) is 39.4 Å². The molecule has 1 aliphatic carbocycles. The largest absolute Gasteiger partial charge is 0.378 e. The Balaban J connectivity index is 1.27. The molecule has 3 rings (SSSR count). The van der Waals surface area contributed by atoms with Gasteiger partial charge in [0.05, 0.1) is 26.3 Å². The number of allylic oxidation sites excluding steroid dienone is 1. The SMILES string of the molecule is O=C(CN1CCN(CC(=O)N2CCOCC2)CC1)NCCC1=CCCCC1. The summed E-state index contributed by atoms with van der Waals surface area (Å²) < 4.78 is 5.30. The molecule has 2 heterocycles. The Bertz CT molecular complexity index is 523. The second-order valence-electron chi connectivity index (χ2n) is 7.75. The van der Waals surface area contributed by atoms with Gasteiger partial charge < -0.3 is 15.0 Å². The third kappa shape index (κ3) is 6.90. The topological polar surface area (TPSA) is 65.1 Å². The maximum absolute atomic E-state index is 12.3. The van der Waals surface area contributed by atoms with Crippen LogP contribution in [0.3, 0.4) is 0 Å². The van der Waals surface area contributed by atoms with Crippen LogP contribution in [-0.4, -0.2) is 98.6 Å². The molecule has 0 saturated carbocycles. The van der Waals surface area contributed by atoms with Gasteiger partial charge in [0.25, 0.3) is 0 Å². The molecule has 0 spiro atoms. The van der Waals surface area contributed by atoms with Crippen LogP contribution in [0.4, 0.5) is 0 Å². The highest BCUT2D eigenvalue weighted by Crippen LogP contribution is 2.19. The minimum Gasteiger partial charge on any atom is -0.378 e. The Morgan fingerprint density at radius 3 is 2.33 bits per heavy atom. The number of amides is 2. The second kappa shape index (κ2) is 10.8. The van der Waals surface area contributed by atoms with Crippen molar-refractivity contribution in [1.82, 2.24) is 20.0 Å². The minimum atomic E-state index is 0.115. The lowest BCUT2D eigenvalue weighted by Gasteiger charge is -2.35. The van der Waals surface area contributed by atoms with E-state index in [1.165, 1.54) is 31.3 Å². The van der Waals surface area contributed by atoms with Gasteiger partial charge in [-0.25, -0.2) is 0 Å². The molecule has 0 unspecified atom stereocenters. The number of hydrogen-bond donors (Lipinski definition) is 1. The van der Waals surface area contributed by atoms with Gasteiger partial charge in [0.15, 0.2) is 0 Å². The Kier molecular flexibility index (Phi) is 8.10. The zero-order valence-electron chi connectivity index (χ0n) is 16.5. The highest BCUT2D eigenvalue weighted by Gasteiger charge is 2.23. The van der Waals surface area contributed by atoms with Crippen molar-refractivity contribution in [2.24, 2.45) is 0 Å². The fourth-order valence-corrected chi connectivity index (χ4v) is 3.96. The molecule has 2 aliphatic heterocycles. The van der Waals surface area contributed by atoms with Crippen LogP contribution in [0, 0.1) is 0 Å². The molecular formula is C20H34N4O3. The third-order valence-electron chi connectivity index (χ3n) is 5.71. The molecule has 7 heteroatoms. The molecule has 0 bridgehead atoms. The van der Waals surface area contributed by atoms with Crippen LogP contribution in [0.25, 0.3) is 0 Å². The molecule has 0 aromatic carbocycles. The van der Waals surface area contributed by atoms with Crippen LogP contribution in [0.5, 0.6) is 0 Å². The average Bonchev–Trinajstić information content (AvgIpc) is 2.71. The summed E-state index contributed by atoms with van der Waals surface area (Å²) in [6, 6.07) is 0. The lowest BCUT2D eigenvalue weighted by molar-refractivity contribution is -0.137. The zero-order valence-corrected chi connectivity index (χ0v) is 16.5. The Hall–Kier alpha value is -1.44. The first kappa shape index (κ1) is 20.3. The normalized spacial score (nSPS) is 22.4. The standard InChI is InChI=1S/C20H34N4O3/c25-19(21-7-6-18-4-2-1-3-5-18)16-22-8-10-23(11-9-22)17-20(26)24-12-14-27-15-13-24/h4H,1-3,5-17H2,(H,21,25). The fraction of sp³-hybridized carbons (Fsp3) is 0.800. The summed E-state index contributed by atoms with van der Waals surface area (Å²) in [5, 5.41) is 3.06. The summed E-state index contributed by atoms with van der Waals surface area (Å²) in [6.07, 6.45) is 8.32. The first-order chi connectivity index (χ1) is 13.2. The lowest BCUT2D eigenvalue weighted by Crippen LogP contribution is -2.53. The van der Waals surface area contributed by atoms with E-state index in [2.05, 4.69) is 21.2 Å². The molecule has 2 fully saturated rings. The number of carbonyl (C=O) groups excluding carboxylic acids is 2. The summed E-state index contributed by atoms with van der Waals surface area (Å²) in [7, 11) is 0. The van der Waals surface area contributed by atoms with Crippen molar-refractivity contribution in [2.75, 3.05) is 72.1 Å². The van der Waals surface area contributed by atoms with Gasteiger partial charge in [-0.3, -0.25) is 19.4 Å². The molecule has 27 heavy (non-hydrogen) atoms. The zero-order chi connectivity index (χ0) is 18.9. The number of ether oxygens (including phenoxy) is 1. The predicted molar refractivity (Wildman–Crippen MR) is 104 cm³/mol. The van der Waals surface area contributed by atoms with E-state index in [0.717, 1.165) is 39.1 Å². The van der Waals surface area contributed by atoms with E-state index in [4.69, 9.17) is 4.74 Å². The summed E-state index contributed by atoms with van der Waals surface area (Å²) >= 11 is 0. The number of rotatable bonds is 7. The molecule has 0 aromatic heterocycles. The molecule has 2 saturated heterocycles. The van der Waals surface area contributed by atoms with Crippen LogP contribution >= 0.6 is 0 Å². The molecule has 3 aliphatic rings. The Labute approximate surface area is 162 Å². The average molecular weight is 379 g/mol. The van der Waals surface area contributed by atoms with Gasteiger partial charge in [0.2, 0.25) is 11.8 Å². The number of nitrogens with one attached hydrogen (secondary N) is 1. The van der Waals surface area contributed by atoms with E-state index < -0.39 is 0 Å². The molecule has 0 atom stereocenters. The molecule has 1 N–H and O–H groups in total. The molecule has 0 radical (unpaired) electrons. The number of hydrogen-bond acceptors (Lipinski definition) is 5. The van der Waals surface area contributed by atoms with Gasteiger partial charge in [0, 0.05) is 45.8 Å². The van der Waals surface area contributed by atoms with Gasteiger partial charge in [-0.1, -0.05) is 11.6 Å². The third-order valence-corrected chi connectivity index (χ3v) is 5.71. The van der Waals surface area contributed by atoms with E-state index in [9.17, 15) is 9.59 Å². The van der Waals surface area contributed by atoms with Crippen molar-refractivity contribution in [3.05, 3.63) is 11.6 Å². The van der Waals surface area contributed by atoms with Crippen molar-refractivity contribution in [3.63, 3.8) is 0 Å². The molecule has 2 amide bonds. The lowest BCUT2D eigenvalue weighted by atomic mass is 9.97. The van der Waals surface area contributed by atoms with E-state index >= 15 is 0 Å². The Morgan fingerprint density at radius 2 is 1.67 bits per heavy atom. The van der Waals surface area contributed by atoms with E-state index in [-0.39, 0.29) is 11.8 Å². The van der Waals surface area contributed by atoms with Crippen molar-refractivity contribution in [3.8, 4) is 0 Å². The number of piperazine rings is 1. The number of carbonyl (C=O) groups is 2. The quantitative estimate of drug-likeness (QED) is 0.653. The van der Waals surface area contributed by atoms with Crippen LogP contribution in [0.15, 0.2) is 11.6 Å². The van der Waals surface area contributed by atoms with Crippen molar-refractivity contribution in [2.45, 2.75) is 32.1 Å². The Morgan fingerprint density at radius 1 is 0.963 bits per heavy atom. The van der Waals surface area contributed by atoms with Crippen LogP contribution in [-0.2, 0) is 14.3 Å². The van der Waals surface area contributed by atoms with Crippen molar-refractivity contribution >= 4 is 11.8 Å². The van der Waals surface area contributed by atoms with Crippen molar-refractivity contribution < 1.29 is 14.3 Å². The fourth-order valence-electron chi connectivity index (χ4n) is 3.96. The van der Waals surface area contributed by atoms with Crippen LogP contribution < -0.4 is 5.32 Å². The highest BCUT2D eigenvalue weighted by molar-refractivity contribution is 5.78. The first-order valence-corrected chi connectivity index (χ1v) is 10.5. The van der Waals surface area contributed by atoms with Gasteiger partial charge in [-0.05, 0) is 32.1 Å². The van der Waals surface area contributed by atoms with Gasteiger partial charge in [0.1, 0.15) is 0 Å². The predicted octanol–water partition coefficient (Wildman–Crippen LogP) is 0.470. The first-order valence-electron chi connectivity index (χ1n) is 10.5. The smallest absolute Gasteiger partial charge is 0.236 e. The van der Waals surface area contributed by atoms with Gasteiger partial charge in [-0.2, -0.15) is 0 Å². The van der Waals surface area contributed by atoms with E-state index in [1.54, 1.807) is 0 Å². The second-order valence-corrected chi connectivity index (χ2v) is 7.75. The molecule has 0 aromatic rings.